The maximum absolute atomic E-state index is 6.28. The van der Waals surface area contributed by atoms with Gasteiger partial charge in [0.2, 0.25) is 0 Å². The Balaban J connectivity index is 1.78. The second-order valence-corrected chi connectivity index (χ2v) is 6.25. The van der Waals surface area contributed by atoms with E-state index < -0.39 is 0 Å². The topological polar surface area (TPSA) is 9.23 Å². The van der Waals surface area contributed by atoms with Crippen LogP contribution in [0.5, 0.6) is 5.75 Å². The van der Waals surface area contributed by atoms with Crippen LogP contribution in [0.15, 0.2) is 42.5 Å². The van der Waals surface area contributed by atoms with Gasteiger partial charge >= 0.3 is 0 Å². The van der Waals surface area contributed by atoms with Crippen LogP contribution in [0.25, 0.3) is 11.1 Å². The van der Waals surface area contributed by atoms with Crippen molar-refractivity contribution < 1.29 is 4.74 Å². The minimum absolute atomic E-state index is 0.632. The van der Waals surface area contributed by atoms with Gasteiger partial charge in [0.25, 0.3) is 0 Å². The quantitative estimate of drug-likeness (QED) is 0.646. The maximum atomic E-state index is 6.28. The zero-order valence-electron chi connectivity index (χ0n) is 13.0. The van der Waals surface area contributed by atoms with Gasteiger partial charge in [0.15, 0.2) is 0 Å². The lowest BCUT2D eigenvalue weighted by molar-refractivity contribution is 0.340. The van der Waals surface area contributed by atoms with E-state index in [1.54, 1.807) is 0 Å². The largest absolute Gasteiger partial charge is 0.492 e. The molecule has 22 heavy (non-hydrogen) atoms. The summed E-state index contributed by atoms with van der Waals surface area (Å²) < 4.78 is 5.49. The first-order valence-corrected chi connectivity index (χ1v) is 8.50. The highest BCUT2D eigenvalue weighted by Gasteiger charge is 2.15. The van der Waals surface area contributed by atoms with Crippen molar-refractivity contribution in [1.29, 1.82) is 0 Å². The molecule has 0 aromatic heterocycles. The van der Waals surface area contributed by atoms with Crippen LogP contribution in [0.1, 0.15) is 44.1 Å². The summed E-state index contributed by atoms with van der Waals surface area (Å²) in [5.74, 6) is 1.48. The fourth-order valence-corrected chi connectivity index (χ4v) is 3.40. The van der Waals surface area contributed by atoms with Crippen molar-refractivity contribution >= 4 is 11.6 Å². The Morgan fingerprint density at radius 1 is 1.00 bits per heavy atom. The normalized spacial score (nSPS) is 15.7. The van der Waals surface area contributed by atoms with Gasteiger partial charge in [-0.3, -0.25) is 0 Å². The molecule has 0 atom stereocenters. The van der Waals surface area contributed by atoms with E-state index in [0.717, 1.165) is 17.2 Å². The second kappa shape index (κ2) is 7.19. The molecule has 1 aliphatic carbocycles. The molecule has 2 heteroatoms. The zero-order valence-corrected chi connectivity index (χ0v) is 13.8. The third-order valence-corrected chi connectivity index (χ3v) is 4.68. The lowest BCUT2D eigenvalue weighted by Gasteiger charge is -2.22. The van der Waals surface area contributed by atoms with Crippen LogP contribution in [0.2, 0.25) is 5.02 Å². The molecule has 1 fully saturated rings. The summed E-state index contributed by atoms with van der Waals surface area (Å²) in [6.45, 7) is 2.60. The van der Waals surface area contributed by atoms with Crippen molar-refractivity contribution in [3.05, 3.63) is 59.5 Å². The van der Waals surface area contributed by atoms with Crippen LogP contribution in [-0.2, 0) is 0 Å². The van der Waals surface area contributed by atoms with Gasteiger partial charge in [0.05, 0.1) is 11.6 Å². The van der Waals surface area contributed by atoms with Crippen LogP contribution in [0.4, 0.5) is 0 Å². The van der Waals surface area contributed by atoms with Crippen molar-refractivity contribution in [1.82, 2.24) is 0 Å². The second-order valence-electron chi connectivity index (χ2n) is 5.84. The van der Waals surface area contributed by atoms with E-state index in [0.29, 0.717) is 11.6 Å². The smallest absolute Gasteiger partial charge is 0.137 e. The van der Waals surface area contributed by atoms with Gasteiger partial charge in [-0.25, -0.2) is 0 Å². The molecule has 0 saturated heterocycles. The van der Waals surface area contributed by atoms with Crippen molar-refractivity contribution in [2.45, 2.75) is 38.5 Å². The number of halogens is 1. The number of hydrogen-bond donors (Lipinski definition) is 0. The summed E-state index contributed by atoms with van der Waals surface area (Å²) in [6, 6.07) is 15.0. The summed E-state index contributed by atoms with van der Waals surface area (Å²) in [4.78, 5) is 0. The summed E-state index contributed by atoms with van der Waals surface area (Å²) in [7, 11) is 0. The molecule has 1 nitrogen and oxygen atoms in total. The van der Waals surface area contributed by atoms with E-state index in [4.69, 9.17) is 16.3 Å². The van der Waals surface area contributed by atoms with Crippen LogP contribution in [0.3, 0.4) is 0 Å². The molecule has 1 saturated carbocycles. The molecule has 2 aromatic carbocycles. The highest BCUT2D eigenvalue weighted by molar-refractivity contribution is 6.32. The Bertz CT molecular complexity index is 612. The first-order chi connectivity index (χ1) is 10.8. The van der Waals surface area contributed by atoms with E-state index in [1.165, 1.54) is 36.8 Å². The Hall–Kier alpha value is -1.47. The molecule has 0 unspecified atom stereocenters. The Morgan fingerprint density at radius 3 is 2.32 bits per heavy atom. The van der Waals surface area contributed by atoms with E-state index in [2.05, 4.69) is 36.8 Å². The van der Waals surface area contributed by atoms with Crippen LogP contribution in [-0.4, -0.2) is 6.61 Å². The highest BCUT2D eigenvalue weighted by Crippen LogP contribution is 2.34. The van der Waals surface area contributed by atoms with Crippen LogP contribution in [0, 0.1) is 6.42 Å². The zero-order chi connectivity index (χ0) is 15.4. The molecular weight excluding hydrogens is 292 g/mol. The minimum atomic E-state index is 0.632. The van der Waals surface area contributed by atoms with Crippen LogP contribution < -0.4 is 4.74 Å². The predicted octanol–water partition coefficient (Wildman–Crippen LogP) is 6.27. The first kappa shape index (κ1) is 15.4. The number of rotatable bonds is 4. The van der Waals surface area contributed by atoms with Crippen molar-refractivity contribution in [3.8, 4) is 16.9 Å². The van der Waals surface area contributed by atoms with E-state index in [1.807, 2.05) is 19.1 Å². The van der Waals surface area contributed by atoms with E-state index in [-0.39, 0.29) is 0 Å². The number of ether oxygens (including phenoxy) is 1. The average Bonchev–Trinajstić information content (AvgIpc) is 2.58. The average molecular weight is 314 g/mol. The molecule has 0 bridgehead atoms. The fourth-order valence-electron chi connectivity index (χ4n) is 3.16. The molecule has 0 heterocycles. The third-order valence-electron chi connectivity index (χ3n) is 4.39. The van der Waals surface area contributed by atoms with Crippen molar-refractivity contribution in [2.24, 2.45) is 0 Å². The van der Waals surface area contributed by atoms with Crippen molar-refractivity contribution in [3.63, 3.8) is 0 Å². The predicted molar refractivity (Wildman–Crippen MR) is 93.6 cm³/mol. The molecule has 3 rings (SSSR count). The van der Waals surface area contributed by atoms with Gasteiger partial charge in [-0.05, 0) is 73.8 Å². The molecule has 115 valence electrons. The molecule has 1 aliphatic rings. The molecular formula is C20H22ClO. The third kappa shape index (κ3) is 3.47. The van der Waals surface area contributed by atoms with Gasteiger partial charge in [-0.2, -0.15) is 0 Å². The molecule has 0 spiro atoms. The first-order valence-electron chi connectivity index (χ1n) is 8.12. The highest BCUT2D eigenvalue weighted by atomic mass is 35.5. The minimum Gasteiger partial charge on any atom is -0.492 e. The Kier molecular flexibility index (Phi) is 5.04. The van der Waals surface area contributed by atoms with E-state index >= 15 is 0 Å². The molecule has 0 N–H and O–H groups in total. The Labute approximate surface area is 138 Å². The maximum Gasteiger partial charge on any atom is 0.137 e. The summed E-state index contributed by atoms with van der Waals surface area (Å²) in [5.41, 5.74) is 3.81. The van der Waals surface area contributed by atoms with E-state index in [9.17, 15) is 0 Å². The summed E-state index contributed by atoms with van der Waals surface area (Å²) >= 11 is 6.28. The lowest BCUT2D eigenvalue weighted by atomic mass is 9.84. The Morgan fingerprint density at radius 2 is 1.68 bits per heavy atom. The lowest BCUT2D eigenvalue weighted by Crippen LogP contribution is -2.04. The molecule has 0 aliphatic heterocycles. The monoisotopic (exact) mass is 313 g/mol. The standard InChI is InChI=1S/C20H22ClO/c1-2-22-20-13-12-18(14-19(20)21)17-10-8-16(9-11-17)15-6-4-3-5-7-15/h3,8-15H,2,4-7H2,1H3. The summed E-state index contributed by atoms with van der Waals surface area (Å²) in [6.07, 6.45) is 7.48. The van der Waals surface area contributed by atoms with Gasteiger partial charge in [-0.1, -0.05) is 41.9 Å². The van der Waals surface area contributed by atoms with Gasteiger partial charge in [-0.15, -0.1) is 0 Å². The van der Waals surface area contributed by atoms with Gasteiger partial charge in [0.1, 0.15) is 5.75 Å². The van der Waals surface area contributed by atoms with Crippen molar-refractivity contribution in [2.75, 3.05) is 6.61 Å². The molecule has 0 amide bonds. The van der Waals surface area contributed by atoms with Gasteiger partial charge in [0, 0.05) is 0 Å². The SMILES string of the molecule is CCOc1ccc(-c2ccc(C3CC[CH]CC3)cc2)cc1Cl. The van der Waals surface area contributed by atoms with Gasteiger partial charge < -0.3 is 4.74 Å². The summed E-state index contributed by atoms with van der Waals surface area (Å²) in [5, 5.41) is 0.672. The number of hydrogen-bond acceptors (Lipinski definition) is 1. The molecule has 2 aromatic rings. The number of benzene rings is 2. The van der Waals surface area contributed by atoms with Crippen LogP contribution >= 0.6 is 11.6 Å². The molecule has 1 radical (unpaired) electrons. The fraction of sp³-hybridized carbons (Fsp3) is 0.350.